The Morgan fingerprint density at radius 2 is 1.11 bits per heavy atom. The van der Waals surface area contributed by atoms with Crippen molar-refractivity contribution in [3.8, 4) is 0 Å². The second-order valence-corrected chi connectivity index (χ2v) is 17.0. The normalized spacial score (nSPS) is 12.4. The van der Waals surface area contributed by atoms with Crippen LogP contribution in [0.3, 0.4) is 0 Å². The zero-order valence-corrected chi connectivity index (χ0v) is 16.2. The van der Waals surface area contributed by atoms with E-state index in [9.17, 15) is 0 Å². The van der Waals surface area contributed by atoms with E-state index in [-0.39, 0.29) is 0 Å². The quantitative estimate of drug-likeness (QED) is 0.249. The molecular formula is C18H38Ge. The van der Waals surface area contributed by atoms with Crippen molar-refractivity contribution in [3.63, 3.8) is 0 Å². The predicted octanol–water partition coefficient (Wildman–Crippen LogP) is 7.12. The Bertz CT molecular complexity index is 195. The van der Waals surface area contributed by atoms with Gasteiger partial charge in [-0.05, 0) is 0 Å². The van der Waals surface area contributed by atoms with Gasteiger partial charge in [0.15, 0.2) is 0 Å². The minimum atomic E-state index is -1.50. The number of allylic oxidation sites excluding steroid dienone is 1. The number of hydrogen-bond donors (Lipinski definition) is 0. The van der Waals surface area contributed by atoms with Gasteiger partial charge in [-0.3, -0.25) is 0 Å². The maximum atomic E-state index is 2.70. The van der Waals surface area contributed by atoms with Crippen LogP contribution in [0.4, 0.5) is 0 Å². The molecule has 0 radical (unpaired) electrons. The molecule has 0 aromatic carbocycles. The van der Waals surface area contributed by atoms with Crippen molar-refractivity contribution in [2.24, 2.45) is 0 Å². The molecular weight excluding hydrogens is 289 g/mol. The Morgan fingerprint density at radius 1 is 0.632 bits per heavy atom. The molecule has 0 saturated carbocycles. The number of unbranched alkanes of at least 4 members (excludes halogenated alkanes) is 8. The van der Waals surface area contributed by atoms with Gasteiger partial charge >= 0.3 is 125 Å². The fourth-order valence-corrected chi connectivity index (χ4v) is 8.86. The SMILES string of the molecule is CCCCCCCCCC/C=[CH]/[Ge]([CH2]C)([CH2]C)[CH2]C. The van der Waals surface area contributed by atoms with Crippen LogP contribution in [0, 0.1) is 0 Å². The van der Waals surface area contributed by atoms with E-state index in [4.69, 9.17) is 0 Å². The van der Waals surface area contributed by atoms with E-state index in [0.29, 0.717) is 0 Å². The fourth-order valence-electron chi connectivity index (χ4n) is 2.83. The summed E-state index contributed by atoms with van der Waals surface area (Å²) in [6.45, 7) is 9.52. The van der Waals surface area contributed by atoms with Gasteiger partial charge in [0.05, 0.1) is 0 Å². The maximum absolute atomic E-state index is 2.70. The monoisotopic (exact) mass is 328 g/mol. The van der Waals surface area contributed by atoms with Gasteiger partial charge < -0.3 is 0 Å². The first kappa shape index (κ1) is 19.3. The van der Waals surface area contributed by atoms with E-state index >= 15 is 0 Å². The van der Waals surface area contributed by atoms with Crippen LogP contribution in [0.15, 0.2) is 11.0 Å². The van der Waals surface area contributed by atoms with Gasteiger partial charge in [-0.2, -0.15) is 0 Å². The van der Waals surface area contributed by atoms with Crippen molar-refractivity contribution in [2.45, 2.75) is 101 Å². The molecule has 0 saturated heterocycles. The van der Waals surface area contributed by atoms with Gasteiger partial charge in [-0.15, -0.1) is 0 Å². The molecule has 0 heterocycles. The van der Waals surface area contributed by atoms with E-state index in [2.05, 4.69) is 38.7 Å². The van der Waals surface area contributed by atoms with E-state index in [1.165, 1.54) is 73.5 Å². The third-order valence-electron chi connectivity index (χ3n) is 4.81. The molecule has 114 valence electrons. The molecule has 0 N–H and O–H groups in total. The second-order valence-electron chi connectivity index (χ2n) is 6.09. The summed E-state index contributed by atoms with van der Waals surface area (Å²) in [7, 11) is 0. The molecule has 0 unspecified atom stereocenters. The molecule has 0 aliphatic rings. The standard InChI is InChI=1S/C18H38Ge/c1-5-9-10-11-12-13-14-15-16-17-18-19(6-2,7-3)8-4/h17-18H,5-16H2,1-4H3/b18-17+. The molecule has 0 bridgehead atoms. The molecule has 0 aliphatic carbocycles. The summed E-state index contributed by atoms with van der Waals surface area (Å²) in [5.41, 5.74) is 0. The van der Waals surface area contributed by atoms with Gasteiger partial charge in [0.1, 0.15) is 0 Å². The Morgan fingerprint density at radius 3 is 1.58 bits per heavy atom. The molecule has 0 spiro atoms. The first-order chi connectivity index (χ1) is 9.24. The van der Waals surface area contributed by atoms with Gasteiger partial charge in [0.2, 0.25) is 0 Å². The Labute approximate surface area is 125 Å². The summed E-state index contributed by atoms with van der Waals surface area (Å²) in [6.07, 6.45) is 15.4. The molecule has 0 aliphatic heterocycles. The van der Waals surface area contributed by atoms with Crippen molar-refractivity contribution < 1.29 is 0 Å². The van der Waals surface area contributed by atoms with Crippen LogP contribution in [-0.4, -0.2) is 13.3 Å². The van der Waals surface area contributed by atoms with Gasteiger partial charge in [0.25, 0.3) is 0 Å². The van der Waals surface area contributed by atoms with Gasteiger partial charge in [-0.25, -0.2) is 0 Å². The van der Waals surface area contributed by atoms with Crippen LogP contribution in [0.25, 0.3) is 0 Å². The van der Waals surface area contributed by atoms with Crippen molar-refractivity contribution in [3.05, 3.63) is 11.0 Å². The van der Waals surface area contributed by atoms with Crippen LogP contribution in [-0.2, 0) is 0 Å². The Kier molecular flexibility index (Phi) is 13.5. The van der Waals surface area contributed by atoms with Crippen molar-refractivity contribution in [1.29, 1.82) is 0 Å². The predicted molar refractivity (Wildman–Crippen MR) is 93.6 cm³/mol. The fraction of sp³-hybridized carbons (Fsp3) is 0.889. The van der Waals surface area contributed by atoms with Crippen LogP contribution in [0.5, 0.6) is 0 Å². The van der Waals surface area contributed by atoms with E-state index in [0.717, 1.165) is 0 Å². The summed E-state index contributed by atoms with van der Waals surface area (Å²) in [6, 6.07) is 0. The average Bonchev–Trinajstić information content (AvgIpc) is 2.46. The van der Waals surface area contributed by atoms with Crippen molar-refractivity contribution >= 4 is 13.3 Å². The van der Waals surface area contributed by atoms with Crippen LogP contribution >= 0.6 is 0 Å². The molecule has 1 heteroatoms. The minimum absolute atomic E-state index is 1.34. The molecule has 0 amide bonds. The Hall–Kier alpha value is 0.283. The molecule has 0 aromatic rings. The van der Waals surface area contributed by atoms with Crippen LogP contribution < -0.4 is 0 Å². The van der Waals surface area contributed by atoms with Crippen molar-refractivity contribution in [1.82, 2.24) is 0 Å². The van der Waals surface area contributed by atoms with Gasteiger partial charge in [-0.1, -0.05) is 0 Å². The molecule has 0 atom stereocenters. The summed E-state index contributed by atoms with van der Waals surface area (Å²) in [5, 5.41) is 4.42. The van der Waals surface area contributed by atoms with E-state index in [1.807, 2.05) is 0 Å². The molecule has 0 fully saturated rings. The van der Waals surface area contributed by atoms with Gasteiger partial charge in [0, 0.05) is 0 Å². The Balaban J connectivity index is 3.52. The second kappa shape index (κ2) is 13.3. The van der Waals surface area contributed by atoms with Crippen LogP contribution in [0.1, 0.15) is 85.5 Å². The molecule has 0 rings (SSSR count). The summed E-state index contributed by atoms with van der Waals surface area (Å²) < 4.78 is 0. The molecule has 0 aromatic heterocycles. The third-order valence-corrected chi connectivity index (χ3v) is 15.7. The number of hydrogen-bond acceptors (Lipinski definition) is 0. The first-order valence-corrected chi connectivity index (χ1v) is 14.6. The first-order valence-electron chi connectivity index (χ1n) is 8.92. The average molecular weight is 327 g/mol. The third kappa shape index (κ3) is 9.76. The summed E-state index contributed by atoms with van der Waals surface area (Å²) in [5.74, 6) is 0. The zero-order chi connectivity index (χ0) is 14.4. The van der Waals surface area contributed by atoms with Crippen molar-refractivity contribution in [2.75, 3.05) is 0 Å². The number of rotatable bonds is 13. The van der Waals surface area contributed by atoms with E-state index < -0.39 is 13.3 Å². The topological polar surface area (TPSA) is 0 Å². The van der Waals surface area contributed by atoms with Crippen LogP contribution in [0.2, 0.25) is 15.8 Å². The van der Waals surface area contributed by atoms with E-state index in [1.54, 1.807) is 0 Å². The summed E-state index contributed by atoms with van der Waals surface area (Å²) >= 11 is -1.50. The molecule has 0 nitrogen and oxygen atoms in total. The zero-order valence-electron chi connectivity index (χ0n) is 14.1. The summed E-state index contributed by atoms with van der Waals surface area (Å²) in [4.78, 5) is 2.70. The molecule has 19 heavy (non-hydrogen) atoms.